The fourth-order valence-corrected chi connectivity index (χ4v) is 2.90. The van der Waals surface area contributed by atoms with Crippen molar-refractivity contribution in [3.8, 4) is 11.5 Å². The van der Waals surface area contributed by atoms with Crippen LogP contribution in [0.3, 0.4) is 0 Å². The number of alkyl halides is 2. The Hall–Kier alpha value is -2.90. The zero-order valence-electron chi connectivity index (χ0n) is 13.3. The van der Waals surface area contributed by atoms with Crippen LogP contribution in [-0.2, 0) is 5.54 Å². The van der Waals surface area contributed by atoms with Crippen LogP contribution in [0.15, 0.2) is 47.5 Å². The summed E-state index contributed by atoms with van der Waals surface area (Å²) in [7, 11) is 1.75. The first-order valence-corrected chi connectivity index (χ1v) is 7.42. The van der Waals surface area contributed by atoms with Gasteiger partial charge in [0.1, 0.15) is 11.3 Å². The lowest BCUT2D eigenvalue weighted by molar-refractivity contribution is -0.0498. The highest BCUT2D eigenvalue weighted by atomic mass is 19.3. The number of nitrogens with two attached hydrogens (primary N) is 1. The number of phenolic OH excluding ortho intramolecular Hbond substituents is 1. The highest BCUT2D eigenvalue weighted by Crippen LogP contribution is 2.40. The van der Waals surface area contributed by atoms with E-state index >= 15 is 0 Å². The standard InChI is InChI=1S/C17H16F3N3O2/c1-23-9-17(22-16(23)21,11-4-7-13(18)14(24)8-11)10-2-5-12(6-3-10)25-15(19)20/h2-8,15,24H,9H2,1H3,(H2,21,22). The van der Waals surface area contributed by atoms with E-state index in [0.29, 0.717) is 17.7 Å². The molecular weight excluding hydrogens is 335 g/mol. The van der Waals surface area contributed by atoms with Crippen LogP contribution in [0.4, 0.5) is 13.2 Å². The summed E-state index contributed by atoms with van der Waals surface area (Å²) in [5, 5.41) is 9.73. The number of aliphatic imine (C=N–C) groups is 1. The Balaban J connectivity index is 2.08. The van der Waals surface area contributed by atoms with Gasteiger partial charge in [0, 0.05) is 7.05 Å². The number of nitrogens with zero attached hydrogens (tertiary/aromatic N) is 2. The monoisotopic (exact) mass is 351 g/mol. The van der Waals surface area contributed by atoms with E-state index < -0.39 is 23.7 Å². The summed E-state index contributed by atoms with van der Waals surface area (Å²) in [6, 6.07) is 9.92. The van der Waals surface area contributed by atoms with E-state index in [-0.39, 0.29) is 11.7 Å². The predicted octanol–water partition coefficient (Wildman–Crippen LogP) is 2.64. The van der Waals surface area contributed by atoms with Gasteiger partial charge in [0.15, 0.2) is 17.5 Å². The highest BCUT2D eigenvalue weighted by molar-refractivity contribution is 5.81. The second-order valence-electron chi connectivity index (χ2n) is 5.76. The Morgan fingerprint density at radius 3 is 2.36 bits per heavy atom. The molecule has 3 rings (SSSR count). The van der Waals surface area contributed by atoms with Gasteiger partial charge in [-0.3, -0.25) is 0 Å². The van der Waals surface area contributed by atoms with Crippen molar-refractivity contribution in [2.75, 3.05) is 13.6 Å². The molecule has 0 saturated carbocycles. The number of hydrogen-bond donors (Lipinski definition) is 2. The summed E-state index contributed by atoms with van der Waals surface area (Å²) < 4.78 is 42.4. The first-order chi connectivity index (χ1) is 11.8. The Labute approximate surface area is 142 Å². The zero-order chi connectivity index (χ0) is 18.2. The van der Waals surface area contributed by atoms with Gasteiger partial charge in [0.25, 0.3) is 0 Å². The maximum atomic E-state index is 13.4. The lowest BCUT2D eigenvalue weighted by Gasteiger charge is -2.28. The van der Waals surface area contributed by atoms with Crippen LogP contribution in [0.2, 0.25) is 0 Å². The molecule has 0 fully saturated rings. The third kappa shape index (κ3) is 3.07. The van der Waals surface area contributed by atoms with Gasteiger partial charge in [0.05, 0.1) is 6.54 Å². The van der Waals surface area contributed by atoms with Crippen molar-refractivity contribution in [2.45, 2.75) is 12.2 Å². The zero-order valence-corrected chi connectivity index (χ0v) is 13.3. The van der Waals surface area contributed by atoms with Gasteiger partial charge in [-0.15, -0.1) is 0 Å². The van der Waals surface area contributed by atoms with Crippen LogP contribution in [-0.4, -0.2) is 36.2 Å². The Bertz CT molecular complexity index is 811. The largest absolute Gasteiger partial charge is 0.505 e. The van der Waals surface area contributed by atoms with Crippen molar-refractivity contribution in [2.24, 2.45) is 10.7 Å². The second-order valence-corrected chi connectivity index (χ2v) is 5.76. The number of ether oxygens (including phenoxy) is 1. The molecule has 3 N–H and O–H groups in total. The number of phenols is 1. The molecule has 0 aromatic heterocycles. The number of hydrogen-bond acceptors (Lipinski definition) is 5. The molecule has 1 heterocycles. The van der Waals surface area contributed by atoms with E-state index in [4.69, 9.17) is 5.73 Å². The van der Waals surface area contributed by atoms with E-state index in [2.05, 4.69) is 9.73 Å². The summed E-state index contributed by atoms with van der Waals surface area (Å²) in [4.78, 5) is 6.21. The number of halogens is 3. The topological polar surface area (TPSA) is 71.1 Å². The fourth-order valence-electron chi connectivity index (χ4n) is 2.90. The van der Waals surface area contributed by atoms with Crippen LogP contribution in [0, 0.1) is 5.82 Å². The molecule has 0 aliphatic carbocycles. The molecule has 0 radical (unpaired) electrons. The minimum Gasteiger partial charge on any atom is -0.505 e. The number of aromatic hydroxyl groups is 1. The average Bonchev–Trinajstić information content (AvgIpc) is 2.86. The third-order valence-corrected chi connectivity index (χ3v) is 4.14. The molecule has 0 saturated heterocycles. The SMILES string of the molecule is CN1CC(c2ccc(OC(F)F)cc2)(c2ccc(F)c(O)c2)N=C1N. The lowest BCUT2D eigenvalue weighted by atomic mass is 9.83. The minimum absolute atomic E-state index is 0.0131. The van der Waals surface area contributed by atoms with E-state index in [0.717, 1.165) is 6.07 Å². The minimum atomic E-state index is -2.92. The highest BCUT2D eigenvalue weighted by Gasteiger charge is 2.41. The maximum Gasteiger partial charge on any atom is 0.387 e. The van der Waals surface area contributed by atoms with Crippen LogP contribution >= 0.6 is 0 Å². The van der Waals surface area contributed by atoms with E-state index in [1.165, 1.54) is 24.3 Å². The van der Waals surface area contributed by atoms with Gasteiger partial charge < -0.3 is 20.5 Å². The fraction of sp³-hybridized carbons (Fsp3) is 0.235. The van der Waals surface area contributed by atoms with Gasteiger partial charge in [-0.25, -0.2) is 9.38 Å². The van der Waals surface area contributed by atoms with Gasteiger partial charge >= 0.3 is 6.61 Å². The molecule has 8 heteroatoms. The van der Waals surface area contributed by atoms with Crippen LogP contribution in [0.25, 0.3) is 0 Å². The summed E-state index contributed by atoms with van der Waals surface area (Å²) in [5.74, 6) is -0.961. The van der Waals surface area contributed by atoms with Crippen molar-refractivity contribution in [3.05, 3.63) is 59.4 Å². The number of benzene rings is 2. The maximum absolute atomic E-state index is 13.4. The molecule has 0 bridgehead atoms. The molecule has 0 amide bonds. The summed E-state index contributed by atoms with van der Waals surface area (Å²) in [6.07, 6.45) is 0. The molecular formula is C17H16F3N3O2. The van der Waals surface area contributed by atoms with Crippen molar-refractivity contribution < 1.29 is 23.0 Å². The summed E-state index contributed by atoms with van der Waals surface area (Å²) >= 11 is 0. The second kappa shape index (κ2) is 6.19. The molecule has 1 aliphatic rings. The molecule has 132 valence electrons. The summed E-state index contributed by atoms with van der Waals surface area (Å²) in [6.45, 7) is -2.57. The summed E-state index contributed by atoms with van der Waals surface area (Å²) in [5.41, 5.74) is 6.09. The molecule has 25 heavy (non-hydrogen) atoms. The number of guanidine groups is 1. The predicted molar refractivity (Wildman–Crippen MR) is 86.2 cm³/mol. The van der Waals surface area contributed by atoms with Crippen LogP contribution < -0.4 is 10.5 Å². The van der Waals surface area contributed by atoms with E-state index in [9.17, 15) is 18.3 Å². The third-order valence-electron chi connectivity index (χ3n) is 4.14. The lowest BCUT2D eigenvalue weighted by Crippen LogP contribution is -2.34. The van der Waals surface area contributed by atoms with E-state index in [1.807, 2.05) is 0 Å². The first kappa shape index (κ1) is 16.9. The molecule has 0 spiro atoms. The van der Waals surface area contributed by atoms with E-state index in [1.54, 1.807) is 24.1 Å². The Morgan fingerprint density at radius 1 is 1.20 bits per heavy atom. The van der Waals surface area contributed by atoms with Crippen molar-refractivity contribution >= 4 is 5.96 Å². The average molecular weight is 351 g/mol. The molecule has 2 aromatic rings. The quantitative estimate of drug-likeness (QED) is 0.888. The molecule has 1 atom stereocenters. The van der Waals surface area contributed by atoms with Crippen molar-refractivity contribution in [1.29, 1.82) is 0 Å². The molecule has 2 aromatic carbocycles. The first-order valence-electron chi connectivity index (χ1n) is 7.42. The smallest absolute Gasteiger partial charge is 0.387 e. The van der Waals surface area contributed by atoms with Crippen molar-refractivity contribution in [1.82, 2.24) is 4.90 Å². The molecule has 5 nitrogen and oxygen atoms in total. The van der Waals surface area contributed by atoms with Crippen LogP contribution in [0.5, 0.6) is 11.5 Å². The number of rotatable bonds is 4. The van der Waals surface area contributed by atoms with Crippen molar-refractivity contribution in [3.63, 3.8) is 0 Å². The van der Waals surface area contributed by atoms with Crippen LogP contribution in [0.1, 0.15) is 11.1 Å². The molecule has 1 aliphatic heterocycles. The Morgan fingerprint density at radius 2 is 1.84 bits per heavy atom. The normalized spacial score (nSPS) is 20.0. The van der Waals surface area contributed by atoms with Gasteiger partial charge in [0.2, 0.25) is 0 Å². The molecule has 1 unspecified atom stereocenters. The Kier molecular flexibility index (Phi) is 4.20. The van der Waals surface area contributed by atoms with Gasteiger partial charge in [-0.1, -0.05) is 18.2 Å². The van der Waals surface area contributed by atoms with Gasteiger partial charge in [-0.05, 0) is 35.4 Å². The number of likely N-dealkylation sites (N-methyl/N-ethyl adjacent to an activating group) is 1. The van der Waals surface area contributed by atoms with Gasteiger partial charge in [-0.2, -0.15) is 8.78 Å².